The predicted molar refractivity (Wildman–Crippen MR) is 221 cm³/mol. The van der Waals surface area contributed by atoms with E-state index in [0.29, 0.717) is 36.0 Å². The van der Waals surface area contributed by atoms with Gasteiger partial charge in [-0.25, -0.2) is 14.4 Å². The van der Waals surface area contributed by atoms with Crippen molar-refractivity contribution in [2.45, 2.75) is 77.9 Å². The number of benzene rings is 3. The topological polar surface area (TPSA) is 128 Å². The first kappa shape index (κ1) is 40.6. The van der Waals surface area contributed by atoms with Gasteiger partial charge in [0.05, 0.1) is 55.3 Å². The second-order valence-corrected chi connectivity index (χ2v) is 15.7. The normalized spacial score (nSPS) is 17.9. The fraction of sp³-hybridized carbons (Fsp3) is 0.413. The molecule has 2 aliphatic heterocycles. The van der Waals surface area contributed by atoms with Crippen LogP contribution in [0.15, 0.2) is 85.2 Å². The van der Waals surface area contributed by atoms with Gasteiger partial charge in [0.25, 0.3) is 0 Å². The molecule has 58 heavy (non-hydrogen) atoms. The van der Waals surface area contributed by atoms with Crippen molar-refractivity contribution in [2.75, 3.05) is 33.3 Å². The largest absolute Gasteiger partial charge is 0.469 e. The predicted octanol–water partition coefficient (Wildman–Crippen LogP) is 8.52. The van der Waals surface area contributed by atoms with Crippen LogP contribution in [0.1, 0.15) is 95.1 Å². The van der Waals surface area contributed by atoms with Crippen LogP contribution in [0.2, 0.25) is 0 Å². The SMILES string of the molecule is CCN(CC)[C@@H](C(=O)N1CCC[C@H]1c1ncc(-c2ccc(-c3ccc(-c4cnc([C@@H]5CCCN5C(=O)[C@@H](CC(=O)OC)C(C)C)[nH]4)cc3)cc2F)[nH]1)c1ccccc1. The molecule has 2 saturated heterocycles. The number of methoxy groups -OCH3 is 1. The number of aromatic amines is 2. The molecule has 12 heteroatoms. The van der Waals surface area contributed by atoms with E-state index in [9.17, 15) is 14.4 Å². The summed E-state index contributed by atoms with van der Waals surface area (Å²) in [6.07, 6.45) is 6.78. The van der Waals surface area contributed by atoms with Crippen LogP contribution in [0, 0.1) is 17.7 Å². The van der Waals surface area contributed by atoms with Gasteiger partial charge in [-0.3, -0.25) is 19.3 Å². The minimum Gasteiger partial charge on any atom is -0.469 e. The highest BCUT2D eigenvalue weighted by Crippen LogP contribution is 2.38. The molecule has 0 unspecified atom stereocenters. The van der Waals surface area contributed by atoms with E-state index in [1.165, 1.54) is 13.2 Å². The van der Waals surface area contributed by atoms with Gasteiger partial charge in [-0.05, 0) is 79.1 Å². The molecular weight excluding hydrogens is 734 g/mol. The lowest BCUT2D eigenvalue weighted by atomic mass is 9.91. The van der Waals surface area contributed by atoms with Crippen molar-refractivity contribution in [3.8, 4) is 33.6 Å². The molecule has 5 aromatic rings. The zero-order valence-electron chi connectivity index (χ0n) is 34.1. The number of nitrogens with zero attached hydrogens (tertiary/aromatic N) is 5. The van der Waals surface area contributed by atoms with Crippen LogP contribution in [0.3, 0.4) is 0 Å². The Morgan fingerprint density at radius 1 is 0.793 bits per heavy atom. The molecule has 2 amide bonds. The van der Waals surface area contributed by atoms with Gasteiger partial charge >= 0.3 is 5.97 Å². The van der Waals surface area contributed by atoms with Gasteiger partial charge in [0.2, 0.25) is 11.8 Å². The molecule has 2 N–H and O–H groups in total. The molecule has 304 valence electrons. The second kappa shape index (κ2) is 17.9. The average Bonchev–Trinajstić information content (AvgIpc) is 4.09. The molecule has 0 radical (unpaired) electrons. The number of carbonyl (C=O) groups excluding carboxylic acids is 3. The zero-order chi connectivity index (χ0) is 40.9. The summed E-state index contributed by atoms with van der Waals surface area (Å²) in [6, 6.07) is 22.2. The molecule has 2 aliphatic rings. The number of esters is 1. The number of imidazole rings is 2. The van der Waals surface area contributed by atoms with Crippen LogP contribution in [-0.4, -0.2) is 85.7 Å². The van der Waals surface area contributed by atoms with E-state index in [4.69, 9.17) is 4.74 Å². The first-order valence-electron chi connectivity index (χ1n) is 20.6. The number of rotatable bonds is 14. The minimum atomic E-state index is -0.456. The number of likely N-dealkylation sites (N-methyl/N-ethyl adjacent to an activating group) is 1. The van der Waals surface area contributed by atoms with Crippen molar-refractivity contribution in [2.24, 2.45) is 11.8 Å². The molecule has 0 saturated carbocycles. The molecule has 0 bridgehead atoms. The van der Waals surface area contributed by atoms with Gasteiger partial charge in [0.1, 0.15) is 23.5 Å². The summed E-state index contributed by atoms with van der Waals surface area (Å²) in [4.78, 5) is 62.0. The Balaban J connectivity index is 1.03. The van der Waals surface area contributed by atoms with E-state index in [1.807, 2.05) is 84.3 Å². The third-order valence-electron chi connectivity index (χ3n) is 11.9. The molecule has 11 nitrogen and oxygen atoms in total. The van der Waals surface area contributed by atoms with Crippen molar-refractivity contribution in [1.29, 1.82) is 0 Å². The number of nitrogens with one attached hydrogen (secondary N) is 2. The van der Waals surface area contributed by atoms with Crippen molar-refractivity contribution in [3.63, 3.8) is 0 Å². The Morgan fingerprint density at radius 2 is 1.36 bits per heavy atom. The molecule has 2 aromatic heterocycles. The lowest BCUT2D eigenvalue weighted by Gasteiger charge is -2.34. The van der Waals surface area contributed by atoms with Gasteiger partial charge in [-0.1, -0.05) is 88.4 Å². The van der Waals surface area contributed by atoms with E-state index < -0.39 is 5.92 Å². The first-order valence-corrected chi connectivity index (χ1v) is 20.6. The lowest BCUT2D eigenvalue weighted by molar-refractivity contribution is -0.148. The Morgan fingerprint density at radius 3 is 1.95 bits per heavy atom. The van der Waals surface area contributed by atoms with Crippen molar-refractivity contribution < 1.29 is 23.5 Å². The highest BCUT2D eigenvalue weighted by molar-refractivity contribution is 5.85. The molecule has 3 aromatic carbocycles. The molecule has 2 fully saturated rings. The number of hydrogen-bond donors (Lipinski definition) is 2. The van der Waals surface area contributed by atoms with Gasteiger partial charge < -0.3 is 24.5 Å². The van der Waals surface area contributed by atoms with Gasteiger partial charge in [0.15, 0.2) is 0 Å². The molecule has 0 aliphatic carbocycles. The van der Waals surface area contributed by atoms with E-state index in [-0.39, 0.29) is 54.1 Å². The standard InChI is InChI=1S/C46H54FN7O4/c1-6-52(7-2)42(32-13-9-8-10-14-32)46(57)54-24-12-16-40(54)44-49-28-38(51-44)34-22-21-33(25-36(34)47)30-17-19-31(20-18-30)37-27-48-43(50-37)39-15-11-23-53(39)45(56)35(29(3)4)26-41(55)58-5/h8-10,13-14,17-22,25,27-29,35,39-40,42H,6-7,11-12,15-16,23-24,26H2,1-5H3,(H,48,50)(H,49,51)/t35-,39-,40-,42+/m0/s1. The van der Waals surface area contributed by atoms with Gasteiger partial charge in [-0.15, -0.1) is 0 Å². The summed E-state index contributed by atoms with van der Waals surface area (Å²) in [7, 11) is 1.34. The number of hydrogen-bond acceptors (Lipinski definition) is 7. The van der Waals surface area contributed by atoms with Crippen LogP contribution in [0.25, 0.3) is 33.6 Å². The lowest BCUT2D eigenvalue weighted by Crippen LogP contribution is -2.43. The number of amides is 2. The van der Waals surface area contributed by atoms with Crippen molar-refractivity contribution in [1.82, 2.24) is 34.6 Å². The fourth-order valence-electron chi connectivity index (χ4n) is 8.66. The van der Waals surface area contributed by atoms with E-state index in [2.05, 4.69) is 38.7 Å². The summed E-state index contributed by atoms with van der Waals surface area (Å²) in [5.74, 6) is 0.167. The van der Waals surface area contributed by atoms with E-state index >= 15 is 4.39 Å². The quantitative estimate of drug-likeness (QED) is 0.108. The summed E-state index contributed by atoms with van der Waals surface area (Å²) < 4.78 is 20.7. The smallest absolute Gasteiger partial charge is 0.306 e. The van der Waals surface area contributed by atoms with Gasteiger partial charge in [-0.2, -0.15) is 0 Å². The summed E-state index contributed by atoms with van der Waals surface area (Å²) in [5, 5.41) is 0. The van der Waals surface area contributed by atoms with Gasteiger partial charge in [0, 0.05) is 18.7 Å². The Kier molecular flexibility index (Phi) is 12.5. The number of ether oxygens (including phenoxy) is 1. The highest BCUT2D eigenvalue weighted by Gasteiger charge is 2.39. The monoisotopic (exact) mass is 787 g/mol. The number of likely N-dealkylation sites (tertiary alicyclic amines) is 2. The van der Waals surface area contributed by atoms with Crippen LogP contribution in [0.5, 0.6) is 0 Å². The van der Waals surface area contributed by atoms with Crippen LogP contribution >= 0.6 is 0 Å². The first-order chi connectivity index (χ1) is 28.1. The fourth-order valence-corrected chi connectivity index (χ4v) is 8.66. The Labute approximate surface area is 340 Å². The van der Waals surface area contributed by atoms with Crippen LogP contribution in [-0.2, 0) is 19.1 Å². The van der Waals surface area contributed by atoms with E-state index in [0.717, 1.165) is 66.7 Å². The maximum absolute atomic E-state index is 15.8. The van der Waals surface area contributed by atoms with E-state index in [1.54, 1.807) is 18.5 Å². The minimum absolute atomic E-state index is 0.00965. The summed E-state index contributed by atoms with van der Waals surface area (Å²) >= 11 is 0. The number of H-pyrrole nitrogens is 2. The number of halogens is 1. The maximum Gasteiger partial charge on any atom is 0.306 e. The third-order valence-corrected chi connectivity index (χ3v) is 11.9. The Bertz CT molecular complexity index is 2200. The second-order valence-electron chi connectivity index (χ2n) is 15.7. The van der Waals surface area contributed by atoms with Crippen LogP contribution < -0.4 is 0 Å². The molecule has 7 rings (SSSR count). The number of aromatic nitrogens is 4. The maximum atomic E-state index is 15.8. The molecule has 4 heterocycles. The zero-order valence-corrected chi connectivity index (χ0v) is 34.1. The average molecular weight is 788 g/mol. The summed E-state index contributed by atoms with van der Waals surface area (Å²) in [6.45, 7) is 10.8. The molecular formula is C46H54FN7O4. The summed E-state index contributed by atoms with van der Waals surface area (Å²) in [5.41, 5.74) is 5.29. The molecule has 0 spiro atoms. The van der Waals surface area contributed by atoms with Crippen molar-refractivity contribution >= 4 is 17.8 Å². The van der Waals surface area contributed by atoms with Crippen molar-refractivity contribution in [3.05, 3.63) is 108 Å². The Hall–Kier alpha value is -5.62. The van der Waals surface area contributed by atoms with Crippen LogP contribution in [0.4, 0.5) is 4.39 Å². The number of carbonyl (C=O) groups is 3. The highest BCUT2D eigenvalue weighted by atomic mass is 19.1. The third kappa shape index (κ3) is 8.34. The molecule has 4 atom stereocenters.